The summed E-state index contributed by atoms with van der Waals surface area (Å²) in [6, 6.07) is 3.97. The van der Waals surface area contributed by atoms with Crippen molar-refractivity contribution in [3.63, 3.8) is 0 Å². The van der Waals surface area contributed by atoms with Gasteiger partial charge in [0.05, 0.1) is 17.0 Å². The summed E-state index contributed by atoms with van der Waals surface area (Å²) in [6.07, 6.45) is 4.65. The van der Waals surface area contributed by atoms with Crippen LogP contribution in [0.4, 0.5) is 11.4 Å². The van der Waals surface area contributed by atoms with Gasteiger partial charge < -0.3 is 10.4 Å². The van der Waals surface area contributed by atoms with E-state index < -0.39 is 35.1 Å². The summed E-state index contributed by atoms with van der Waals surface area (Å²) in [5, 5.41) is 12.4. The Morgan fingerprint density at radius 2 is 1.28 bits per heavy atom. The molecule has 2 N–H and O–H groups in total. The molecule has 0 atom stereocenters. The number of aliphatic hydroxyl groups is 1. The lowest BCUT2D eigenvalue weighted by atomic mass is 10.1. The first-order valence-corrected chi connectivity index (χ1v) is 8.85. The largest absolute Gasteiger partial charge is 0.390 e. The van der Waals surface area contributed by atoms with E-state index in [2.05, 4.69) is 5.32 Å². The highest BCUT2D eigenvalue weighted by atomic mass is 16.3. The number of benzene rings is 1. The maximum Gasteiger partial charge on any atom is 0.258 e. The van der Waals surface area contributed by atoms with Crippen LogP contribution < -0.4 is 15.1 Å². The fourth-order valence-electron chi connectivity index (χ4n) is 2.88. The van der Waals surface area contributed by atoms with Gasteiger partial charge in [0.2, 0.25) is 0 Å². The van der Waals surface area contributed by atoms with Crippen LogP contribution in [0.5, 0.6) is 0 Å². The van der Waals surface area contributed by atoms with Gasteiger partial charge in [0.15, 0.2) is 0 Å². The standard InChI is InChI=1S/C20H19N3O6/c1-20(2,29)7-8-21-19(28)12-9-13(22-15(24)3-4-16(22)25)11-14(10-12)23-17(26)5-6-18(23)27/h3-6,9-11,29H,7-8H2,1-2H3,(H,21,28). The fraction of sp³-hybridized carbons (Fsp3) is 0.250. The first kappa shape index (κ1) is 20.2. The zero-order valence-corrected chi connectivity index (χ0v) is 15.8. The second kappa shape index (κ2) is 7.44. The van der Waals surface area contributed by atoms with Gasteiger partial charge >= 0.3 is 0 Å². The predicted octanol–water partition coefficient (Wildman–Crippen LogP) is 0.436. The third-order valence-electron chi connectivity index (χ3n) is 4.32. The Hall–Kier alpha value is -3.59. The van der Waals surface area contributed by atoms with Crippen LogP contribution in [0, 0.1) is 0 Å². The molecule has 2 aliphatic rings. The molecule has 2 aliphatic heterocycles. The van der Waals surface area contributed by atoms with Crippen LogP contribution in [-0.4, -0.2) is 46.8 Å². The first-order chi connectivity index (χ1) is 13.6. The number of rotatable bonds is 6. The fourth-order valence-corrected chi connectivity index (χ4v) is 2.88. The van der Waals surface area contributed by atoms with Crippen molar-refractivity contribution in [1.29, 1.82) is 0 Å². The van der Waals surface area contributed by atoms with Gasteiger partial charge in [-0.15, -0.1) is 0 Å². The monoisotopic (exact) mass is 397 g/mol. The van der Waals surface area contributed by atoms with Gasteiger partial charge in [0.1, 0.15) is 0 Å². The van der Waals surface area contributed by atoms with Crippen LogP contribution in [0.1, 0.15) is 30.6 Å². The molecule has 29 heavy (non-hydrogen) atoms. The number of carbonyl (C=O) groups is 5. The number of imide groups is 2. The third kappa shape index (κ3) is 4.30. The molecule has 0 saturated carbocycles. The summed E-state index contributed by atoms with van der Waals surface area (Å²) >= 11 is 0. The number of hydrogen-bond donors (Lipinski definition) is 2. The van der Waals surface area contributed by atoms with Crippen molar-refractivity contribution in [1.82, 2.24) is 5.32 Å². The van der Waals surface area contributed by atoms with Gasteiger partial charge in [-0.25, -0.2) is 9.80 Å². The average molecular weight is 397 g/mol. The van der Waals surface area contributed by atoms with Gasteiger partial charge in [0.25, 0.3) is 29.5 Å². The van der Waals surface area contributed by atoms with Crippen LogP contribution in [0.25, 0.3) is 0 Å². The number of amides is 5. The number of hydrogen-bond acceptors (Lipinski definition) is 6. The van der Waals surface area contributed by atoms with E-state index in [1.165, 1.54) is 18.2 Å². The second-order valence-corrected chi connectivity index (χ2v) is 7.25. The summed E-state index contributed by atoms with van der Waals surface area (Å²) in [5.74, 6) is -2.94. The highest BCUT2D eigenvalue weighted by Gasteiger charge is 2.30. The first-order valence-electron chi connectivity index (χ1n) is 8.85. The van der Waals surface area contributed by atoms with Gasteiger partial charge in [0, 0.05) is 36.4 Å². The van der Waals surface area contributed by atoms with Crippen molar-refractivity contribution in [2.75, 3.05) is 16.3 Å². The summed E-state index contributed by atoms with van der Waals surface area (Å²) in [6.45, 7) is 3.38. The number of carbonyl (C=O) groups excluding carboxylic acids is 5. The van der Waals surface area contributed by atoms with Crippen molar-refractivity contribution in [3.05, 3.63) is 48.1 Å². The lowest BCUT2D eigenvalue weighted by Gasteiger charge is -2.21. The lowest BCUT2D eigenvalue weighted by Crippen LogP contribution is -2.34. The topological polar surface area (TPSA) is 124 Å². The lowest BCUT2D eigenvalue weighted by molar-refractivity contribution is -0.121. The van der Waals surface area contributed by atoms with E-state index >= 15 is 0 Å². The SMILES string of the molecule is CC(C)(O)CCNC(=O)c1cc(N2C(=O)C=CC2=O)cc(N2C(=O)C=CC2=O)c1. The maximum atomic E-state index is 12.6. The molecule has 9 nitrogen and oxygen atoms in total. The molecular formula is C20H19N3O6. The molecule has 150 valence electrons. The number of nitrogens with one attached hydrogen (secondary N) is 1. The van der Waals surface area contributed by atoms with Crippen LogP contribution in [-0.2, 0) is 19.2 Å². The summed E-state index contributed by atoms with van der Waals surface area (Å²) in [5.41, 5.74) is -0.807. The zero-order valence-electron chi connectivity index (χ0n) is 15.8. The van der Waals surface area contributed by atoms with Crippen LogP contribution >= 0.6 is 0 Å². The Balaban J connectivity index is 1.96. The van der Waals surface area contributed by atoms with Crippen molar-refractivity contribution in [2.24, 2.45) is 0 Å². The molecule has 1 aromatic rings. The van der Waals surface area contributed by atoms with E-state index in [9.17, 15) is 29.1 Å². The quantitative estimate of drug-likeness (QED) is 0.671. The van der Waals surface area contributed by atoms with Crippen molar-refractivity contribution < 1.29 is 29.1 Å². The normalized spacial score (nSPS) is 16.4. The molecule has 0 spiro atoms. The summed E-state index contributed by atoms with van der Waals surface area (Å²) in [4.78, 5) is 62.4. The Kier molecular flexibility index (Phi) is 5.17. The van der Waals surface area contributed by atoms with Crippen LogP contribution in [0.3, 0.4) is 0 Å². The minimum Gasteiger partial charge on any atom is -0.390 e. The van der Waals surface area contributed by atoms with Crippen molar-refractivity contribution in [2.45, 2.75) is 25.9 Å². The second-order valence-electron chi connectivity index (χ2n) is 7.25. The van der Waals surface area contributed by atoms with Crippen LogP contribution in [0.15, 0.2) is 42.5 Å². The maximum absolute atomic E-state index is 12.6. The van der Waals surface area contributed by atoms with Crippen molar-refractivity contribution >= 4 is 40.9 Å². The van der Waals surface area contributed by atoms with E-state index in [-0.39, 0.29) is 23.5 Å². The highest BCUT2D eigenvalue weighted by molar-refractivity contribution is 6.30. The Morgan fingerprint density at radius 3 is 1.66 bits per heavy atom. The Morgan fingerprint density at radius 1 is 0.862 bits per heavy atom. The molecular weight excluding hydrogens is 378 g/mol. The third-order valence-corrected chi connectivity index (χ3v) is 4.32. The van der Waals surface area contributed by atoms with E-state index in [0.717, 1.165) is 34.1 Å². The molecule has 5 amide bonds. The van der Waals surface area contributed by atoms with E-state index in [1.807, 2.05) is 0 Å². The molecule has 3 rings (SSSR count). The van der Waals surface area contributed by atoms with Gasteiger partial charge in [-0.3, -0.25) is 24.0 Å². The smallest absolute Gasteiger partial charge is 0.258 e. The van der Waals surface area contributed by atoms with E-state index in [1.54, 1.807) is 13.8 Å². The highest BCUT2D eigenvalue weighted by Crippen LogP contribution is 2.29. The number of anilines is 2. The van der Waals surface area contributed by atoms with Crippen molar-refractivity contribution in [3.8, 4) is 0 Å². The minimum atomic E-state index is -0.972. The molecule has 0 bridgehead atoms. The molecule has 0 aromatic heterocycles. The number of nitrogens with zero attached hydrogens (tertiary/aromatic N) is 2. The van der Waals surface area contributed by atoms with Crippen LogP contribution in [0.2, 0.25) is 0 Å². The molecule has 9 heteroatoms. The van der Waals surface area contributed by atoms with Gasteiger partial charge in [-0.1, -0.05) is 0 Å². The summed E-state index contributed by atoms with van der Waals surface area (Å²) < 4.78 is 0. The summed E-state index contributed by atoms with van der Waals surface area (Å²) in [7, 11) is 0. The Labute approximate surface area is 166 Å². The predicted molar refractivity (Wildman–Crippen MR) is 103 cm³/mol. The zero-order chi connectivity index (χ0) is 21.3. The average Bonchev–Trinajstić information content (AvgIpc) is 3.14. The van der Waals surface area contributed by atoms with E-state index in [0.29, 0.717) is 6.42 Å². The molecule has 0 aliphatic carbocycles. The minimum absolute atomic E-state index is 0.0493. The molecule has 1 aromatic carbocycles. The Bertz CT molecular complexity index is 890. The molecule has 0 unspecified atom stereocenters. The van der Waals surface area contributed by atoms with Gasteiger partial charge in [-0.05, 0) is 38.5 Å². The van der Waals surface area contributed by atoms with E-state index in [4.69, 9.17) is 0 Å². The molecule has 0 fully saturated rings. The molecule has 2 heterocycles. The van der Waals surface area contributed by atoms with Gasteiger partial charge in [-0.2, -0.15) is 0 Å². The molecule has 0 saturated heterocycles. The molecule has 0 radical (unpaired) electrons.